The second kappa shape index (κ2) is 6.18. The summed E-state index contributed by atoms with van der Waals surface area (Å²) in [6, 6.07) is 8.32. The Bertz CT molecular complexity index is 325. The summed E-state index contributed by atoms with van der Waals surface area (Å²) in [5, 5.41) is 8.98. The summed E-state index contributed by atoms with van der Waals surface area (Å²) in [5.74, 6) is 0.912. The van der Waals surface area contributed by atoms with Gasteiger partial charge in [0, 0.05) is 6.54 Å². The van der Waals surface area contributed by atoms with Crippen LogP contribution in [0.1, 0.15) is 30.9 Å². The maximum atomic E-state index is 8.98. The second-order valence-electron chi connectivity index (χ2n) is 5.25. The third kappa shape index (κ3) is 3.83. The van der Waals surface area contributed by atoms with Crippen molar-refractivity contribution in [2.75, 3.05) is 19.6 Å². The van der Waals surface area contributed by atoms with E-state index in [1.165, 1.54) is 38.0 Å². The normalized spacial score (nSPS) is 18.5. The maximum absolute atomic E-state index is 8.98. The summed E-state index contributed by atoms with van der Waals surface area (Å²) in [6.07, 6.45) is 3.83. The molecular formula is C15H23NO. The summed E-state index contributed by atoms with van der Waals surface area (Å²) in [7, 11) is 0. The minimum atomic E-state index is 0.143. The number of piperidine rings is 1. The minimum Gasteiger partial charge on any atom is -0.392 e. The fourth-order valence-corrected chi connectivity index (χ4v) is 2.38. The van der Waals surface area contributed by atoms with Gasteiger partial charge < -0.3 is 10.0 Å². The third-order valence-electron chi connectivity index (χ3n) is 3.80. The van der Waals surface area contributed by atoms with Crippen molar-refractivity contribution in [2.45, 2.75) is 32.8 Å². The van der Waals surface area contributed by atoms with Crippen molar-refractivity contribution in [3.05, 3.63) is 35.4 Å². The Morgan fingerprint density at radius 2 is 1.71 bits per heavy atom. The monoisotopic (exact) mass is 233 g/mol. The lowest BCUT2D eigenvalue weighted by molar-refractivity contribution is 0.194. The summed E-state index contributed by atoms with van der Waals surface area (Å²) >= 11 is 0. The van der Waals surface area contributed by atoms with Crippen LogP contribution >= 0.6 is 0 Å². The van der Waals surface area contributed by atoms with Crippen molar-refractivity contribution in [1.82, 2.24) is 4.90 Å². The number of likely N-dealkylation sites (tertiary alicyclic amines) is 1. The quantitative estimate of drug-likeness (QED) is 0.863. The van der Waals surface area contributed by atoms with Gasteiger partial charge in [0.1, 0.15) is 0 Å². The second-order valence-corrected chi connectivity index (χ2v) is 5.25. The smallest absolute Gasteiger partial charge is 0.0681 e. The van der Waals surface area contributed by atoms with E-state index in [0.717, 1.165) is 17.9 Å². The molecule has 1 saturated heterocycles. The van der Waals surface area contributed by atoms with E-state index in [1.807, 2.05) is 12.1 Å². The first kappa shape index (κ1) is 12.6. The number of rotatable bonds is 4. The lowest BCUT2D eigenvalue weighted by atomic mass is 9.99. The molecule has 1 aliphatic rings. The van der Waals surface area contributed by atoms with Gasteiger partial charge >= 0.3 is 0 Å². The van der Waals surface area contributed by atoms with Crippen molar-refractivity contribution in [3.8, 4) is 0 Å². The van der Waals surface area contributed by atoms with E-state index in [2.05, 4.69) is 24.0 Å². The van der Waals surface area contributed by atoms with Gasteiger partial charge in [0.25, 0.3) is 0 Å². The van der Waals surface area contributed by atoms with E-state index in [1.54, 1.807) is 0 Å². The number of aliphatic hydroxyl groups is 1. The van der Waals surface area contributed by atoms with Gasteiger partial charge in [-0.25, -0.2) is 0 Å². The Labute approximate surface area is 104 Å². The molecule has 0 unspecified atom stereocenters. The van der Waals surface area contributed by atoms with Gasteiger partial charge in [0.2, 0.25) is 0 Å². The van der Waals surface area contributed by atoms with E-state index in [9.17, 15) is 0 Å². The molecule has 0 amide bonds. The molecule has 0 radical (unpaired) electrons. The first-order valence-electron chi connectivity index (χ1n) is 6.69. The molecule has 0 saturated carbocycles. The van der Waals surface area contributed by atoms with Crippen molar-refractivity contribution >= 4 is 0 Å². The molecule has 0 atom stereocenters. The average molecular weight is 233 g/mol. The molecule has 2 heteroatoms. The van der Waals surface area contributed by atoms with Gasteiger partial charge in [-0.2, -0.15) is 0 Å². The average Bonchev–Trinajstić information content (AvgIpc) is 2.39. The SMILES string of the molecule is CC1CCN(CCc2ccc(CO)cc2)CC1. The standard InChI is InChI=1S/C15H23NO/c1-13-6-9-16(10-7-13)11-8-14-2-4-15(12-17)5-3-14/h2-5,13,17H,6-12H2,1H3. The van der Waals surface area contributed by atoms with Gasteiger partial charge in [-0.1, -0.05) is 31.2 Å². The molecule has 94 valence electrons. The predicted molar refractivity (Wildman–Crippen MR) is 70.9 cm³/mol. The molecule has 1 aromatic rings. The third-order valence-corrected chi connectivity index (χ3v) is 3.80. The number of hydrogen-bond donors (Lipinski definition) is 1. The van der Waals surface area contributed by atoms with Crippen molar-refractivity contribution in [1.29, 1.82) is 0 Å². The highest BCUT2D eigenvalue weighted by molar-refractivity contribution is 5.22. The molecular weight excluding hydrogens is 210 g/mol. The van der Waals surface area contributed by atoms with Crippen LogP contribution in [0.3, 0.4) is 0 Å². The van der Waals surface area contributed by atoms with Crippen LogP contribution in [0, 0.1) is 5.92 Å². The van der Waals surface area contributed by atoms with Gasteiger partial charge in [0.15, 0.2) is 0 Å². The Morgan fingerprint density at radius 3 is 2.29 bits per heavy atom. The number of benzene rings is 1. The lowest BCUT2D eigenvalue weighted by Gasteiger charge is -2.30. The van der Waals surface area contributed by atoms with Gasteiger partial charge in [-0.15, -0.1) is 0 Å². The van der Waals surface area contributed by atoms with Crippen molar-refractivity contribution in [3.63, 3.8) is 0 Å². The van der Waals surface area contributed by atoms with Gasteiger partial charge in [-0.05, 0) is 49.4 Å². The molecule has 2 rings (SSSR count). The van der Waals surface area contributed by atoms with Crippen LogP contribution in [0.15, 0.2) is 24.3 Å². The lowest BCUT2D eigenvalue weighted by Crippen LogP contribution is -2.34. The van der Waals surface area contributed by atoms with Gasteiger partial charge in [-0.3, -0.25) is 0 Å². The number of aliphatic hydroxyl groups excluding tert-OH is 1. The zero-order chi connectivity index (χ0) is 12.1. The maximum Gasteiger partial charge on any atom is 0.0681 e. The first-order chi connectivity index (χ1) is 8.28. The van der Waals surface area contributed by atoms with Crippen LogP contribution in [-0.2, 0) is 13.0 Å². The fraction of sp³-hybridized carbons (Fsp3) is 0.600. The summed E-state index contributed by atoms with van der Waals surface area (Å²) in [4.78, 5) is 2.57. The molecule has 0 aliphatic carbocycles. The molecule has 17 heavy (non-hydrogen) atoms. The van der Waals surface area contributed by atoms with Crippen LogP contribution in [0.4, 0.5) is 0 Å². The molecule has 1 aliphatic heterocycles. The van der Waals surface area contributed by atoms with Crippen molar-refractivity contribution in [2.24, 2.45) is 5.92 Å². The molecule has 2 nitrogen and oxygen atoms in total. The highest BCUT2D eigenvalue weighted by Crippen LogP contribution is 2.16. The number of hydrogen-bond acceptors (Lipinski definition) is 2. The van der Waals surface area contributed by atoms with Crippen LogP contribution in [0.25, 0.3) is 0 Å². The molecule has 0 spiro atoms. The molecule has 1 heterocycles. The molecule has 1 N–H and O–H groups in total. The van der Waals surface area contributed by atoms with E-state index in [-0.39, 0.29) is 6.61 Å². The highest BCUT2D eigenvalue weighted by atomic mass is 16.3. The molecule has 1 aromatic carbocycles. The van der Waals surface area contributed by atoms with Crippen LogP contribution < -0.4 is 0 Å². The Kier molecular flexibility index (Phi) is 4.57. The van der Waals surface area contributed by atoms with E-state index < -0.39 is 0 Å². The van der Waals surface area contributed by atoms with Crippen molar-refractivity contribution < 1.29 is 5.11 Å². The first-order valence-corrected chi connectivity index (χ1v) is 6.69. The van der Waals surface area contributed by atoms with E-state index in [0.29, 0.717) is 0 Å². The Hall–Kier alpha value is -0.860. The Balaban J connectivity index is 1.77. The highest BCUT2D eigenvalue weighted by Gasteiger charge is 2.14. The van der Waals surface area contributed by atoms with Crippen LogP contribution in [0.2, 0.25) is 0 Å². The zero-order valence-electron chi connectivity index (χ0n) is 10.7. The molecule has 0 bridgehead atoms. The van der Waals surface area contributed by atoms with E-state index in [4.69, 9.17) is 5.11 Å². The summed E-state index contributed by atoms with van der Waals surface area (Å²) in [6.45, 7) is 6.19. The van der Waals surface area contributed by atoms with Crippen LogP contribution in [-0.4, -0.2) is 29.6 Å². The number of nitrogens with zero attached hydrogens (tertiary/aromatic N) is 1. The molecule has 0 aromatic heterocycles. The topological polar surface area (TPSA) is 23.5 Å². The fourth-order valence-electron chi connectivity index (χ4n) is 2.38. The summed E-state index contributed by atoms with van der Waals surface area (Å²) in [5.41, 5.74) is 2.38. The summed E-state index contributed by atoms with van der Waals surface area (Å²) < 4.78 is 0. The minimum absolute atomic E-state index is 0.143. The largest absolute Gasteiger partial charge is 0.392 e. The van der Waals surface area contributed by atoms with E-state index >= 15 is 0 Å². The van der Waals surface area contributed by atoms with Gasteiger partial charge in [0.05, 0.1) is 6.61 Å². The Morgan fingerprint density at radius 1 is 1.12 bits per heavy atom. The zero-order valence-corrected chi connectivity index (χ0v) is 10.7. The predicted octanol–water partition coefficient (Wildman–Crippen LogP) is 2.45. The van der Waals surface area contributed by atoms with Crippen LogP contribution in [0.5, 0.6) is 0 Å². The molecule has 1 fully saturated rings.